The van der Waals surface area contributed by atoms with Gasteiger partial charge in [0.15, 0.2) is 6.29 Å². The Morgan fingerprint density at radius 1 is 0.714 bits per heavy atom. The van der Waals surface area contributed by atoms with Crippen LogP contribution < -0.4 is 5.32 Å². The summed E-state index contributed by atoms with van der Waals surface area (Å²) in [4.78, 5) is 13.0. The van der Waals surface area contributed by atoms with Gasteiger partial charge >= 0.3 is 10.4 Å². The van der Waals surface area contributed by atoms with Crippen LogP contribution in [0.25, 0.3) is 0 Å². The SMILES string of the molecule is CCCCC/C=C\C/C=C\CCCCCCCCCC(=O)NC(COC1OC(CO)C(O)C(OS(=O)(=O)O)C1O)C(O)/C=C/CCCCCCCCCCCC. The lowest BCUT2D eigenvalue weighted by Gasteiger charge is -2.41. The van der Waals surface area contributed by atoms with Gasteiger partial charge in [-0.15, -0.1) is 0 Å². The first kappa shape index (κ1) is 52.3. The number of hydrogen-bond donors (Lipinski definition) is 6. The summed E-state index contributed by atoms with van der Waals surface area (Å²) in [6.07, 6.45) is 30.4. The molecule has 6 N–H and O–H groups in total. The molecule has 0 saturated carbocycles. The monoisotopic (exact) mass is 818 g/mol. The first-order valence-corrected chi connectivity index (χ1v) is 23.2. The topological polar surface area (TPSA) is 192 Å². The van der Waals surface area contributed by atoms with Crippen molar-refractivity contribution in [3.05, 3.63) is 36.5 Å². The van der Waals surface area contributed by atoms with E-state index in [1.54, 1.807) is 6.08 Å². The minimum absolute atomic E-state index is 0.259. The molecule has 0 aromatic carbocycles. The summed E-state index contributed by atoms with van der Waals surface area (Å²) in [5.74, 6) is -0.273. The summed E-state index contributed by atoms with van der Waals surface area (Å²) in [7, 11) is -5.08. The highest BCUT2D eigenvalue weighted by molar-refractivity contribution is 7.80. The molecular weight excluding hydrogens is 739 g/mol. The van der Waals surface area contributed by atoms with Crippen LogP contribution >= 0.6 is 0 Å². The number of unbranched alkanes of at least 4 members (excludes halogenated alkanes) is 20. The minimum Gasteiger partial charge on any atom is -0.394 e. The number of carbonyl (C=O) groups is 1. The van der Waals surface area contributed by atoms with Crippen LogP contribution in [0.4, 0.5) is 0 Å². The Morgan fingerprint density at radius 3 is 1.73 bits per heavy atom. The quantitative estimate of drug-likeness (QED) is 0.0204. The van der Waals surface area contributed by atoms with Crippen molar-refractivity contribution >= 4 is 16.3 Å². The number of hydrogen-bond acceptors (Lipinski definition) is 10. The Labute approximate surface area is 339 Å². The van der Waals surface area contributed by atoms with Crippen LogP contribution in [0.15, 0.2) is 36.5 Å². The molecule has 7 unspecified atom stereocenters. The normalized spacial score (nSPS) is 21.7. The van der Waals surface area contributed by atoms with Crippen molar-refractivity contribution in [2.45, 2.75) is 217 Å². The minimum atomic E-state index is -5.08. The Hall–Kier alpha value is -1.68. The third kappa shape index (κ3) is 27.1. The van der Waals surface area contributed by atoms with Crippen molar-refractivity contribution in [1.82, 2.24) is 5.32 Å². The molecule has 1 aliphatic heterocycles. The van der Waals surface area contributed by atoms with E-state index in [0.717, 1.165) is 57.8 Å². The van der Waals surface area contributed by atoms with Gasteiger partial charge in [0, 0.05) is 6.42 Å². The number of allylic oxidation sites excluding steroid dienone is 5. The zero-order chi connectivity index (χ0) is 41.3. The fourth-order valence-electron chi connectivity index (χ4n) is 6.72. The van der Waals surface area contributed by atoms with E-state index < -0.39 is 59.9 Å². The molecule has 328 valence electrons. The van der Waals surface area contributed by atoms with Crippen LogP contribution in [0, 0.1) is 0 Å². The number of ether oxygens (including phenoxy) is 2. The molecule has 0 aliphatic carbocycles. The molecule has 1 rings (SSSR count). The highest BCUT2D eigenvalue weighted by Crippen LogP contribution is 2.26. The molecule has 0 aromatic rings. The number of nitrogens with one attached hydrogen (secondary N) is 1. The van der Waals surface area contributed by atoms with E-state index >= 15 is 0 Å². The second-order valence-electron chi connectivity index (χ2n) is 15.3. The second kappa shape index (κ2) is 34.2. The lowest BCUT2D eigenvalue weighted by Crippen LogP contribution is -2.61. The van der Waals surface area contributed by atoms with Gasteiger partial charge in [-0.1, -0.05) is 153 Å². The maximum Gasteiger partial charge on any atom is 0.397 e. The van der Waals surface area contributed by atoms with E-state index in [1.165, 1.54) is 89.9 Å². The van der Waals surface area contributed by atoms with Crippen molar-refractivity contribution in [2.75, 3.05) is 13.2 Å². The summed E-state index contributed by atoms with van der Waals surface area (Å²) in [5, 5.41) is 44.6. The third-order valence-corrected chi connectivity index (χ3v) is 10.6. The number of aliphatic hydroxyl groups is 4. The van der Waals surface area contributed by atoms with Gasteiger partial charge in [0.25, 0.3) is 0 Å². The fourth-order valence-corrected chi connectivity index (χ4v) is 7.23. The van der Waals surface area contributed by atoms with Gasteiger partial charge in [-0.2, -0.15) is 8.42 Å². The predicted octanol–water partition coefficient (Wildman–Crippen LogP) is 7.94. The molecule has 13 heteroatoms. The number of rotatable bonds is 36. The smallest absolute Gasteiger partial charge is 0.394 e. The molecular formula is C43H79NO11S. The van der Waals surface area contributed by atoms with E-state index in [9.17, 15) is 33.6 Å². The second-order valence-corrected chi connectivity index (χ2v) is 16.3. The van der Waals surface area contributed by atoms with E-state index in [4.69, 9.17) is 14.0 Å². The predicted molar refractivity (Wildman–Crippen MR) is 222 cm³/mol. The molecule has 1 aliphatic rings. The largest absolute Gasteiger partial charge is 0.397 e. The summed E-state index contributed by atoms with van der Waals surface area (Å²) < 4.78 is 47.5. The summed E-state index contributed by atoms with van der Waals surface area (Å²) >= 11 is 0. The van der Waals surface area contributed by atoms with Crippen molar-refractivity contribution < 1.29 is 51.8 Å². The van der Waals surface area contributed by atoms with Gasteiger partial charge in [0.1, 0.15) is 24.4 Å². The Balaban J connectivity index is 2.56. The molecule has 1 amide bonds. The zero-order valence-corrected chi connectivity index (χ0v) is 35.5. The maximum absolute atomic E-state index is 13.0. The highest BCUT2D eigenvalue weighted by atomic mass is 32.3. The van der Waals surface area contributed by atoms with Gasteiger partial charge in [0.05, 0.1) is 25.4 Å². The van der Waals surface area contributed by atoms with Crippen LogP contribution in [-0.4, -0.2) is 95.4 Å². The molecule has 0 spiro atoms. The average Bonchev–Trinajstić information content (AvgIpc) is 3.16. The van der Waals surface area contributed by atoms with Crippen LogP contribution in [0.1, 0.15) is 174 Å². The van der Waals surface area contributed by atoms with Gasteiger partial charge in [0.2, 0.25) is 5.91 Å². The Kier molecular flexibility index (Phi) is 32.0. The molecule has 7 atom stereocenters. The molecule has 12 nitrogen and oxygen atoms in total. The fraction of sp³-hybridized carbons (Fsp3) is 0.837. The van der Waals surface area contributed by atoms with E-state index in [0.29, 0.717) is 6.42 Å². The van der Waals surface area contributed by atoms with Gasteiger partial charge in [-0.25, -0.2) is 4.18 Å². The summed E-state index contributed by atoms with van der Waals surface area (Å²) in [6, 6.07) is -0.946. The zero-order valence-electron chi connectivity index (χ0n) is 34.7. The van der Waals surface area contributed by atoms with Crippen LogP contribution in [0.2, 0.25) is 0 Å². The first-order chi connectivity index (χ1) is 27.0. The maximum atomic E-state index is 13.0. The average molecular weight is 818 g/mol. The Bertz CT molecular complexity index is 1150. The summed E-state index contributed by atoms with van der Waals surface area (Å²) in [5.41, 5.74) is 0. The lowest BCUT2D eigenvalue weighted by molar-refractivity contribution is -0.298. The highest BCUT2D eigenvalue weighted by Gasteiger charge is 2.48. The van der Waals surface area contributed by atoms with E-state index in [1.807, 2.05) is 6.08 Å². The van der Waals surface area contributed by atoms with Crippen molar-refractivity contribution in [3.63, 3.8) is 0 Å². The standard InChI is InChI=1S/C43H79NO11S/c1-3-5-7-9-11-13-15-17-18-19-20-21-23-25-27-29-31-33-39(47)44-36(37(46)32-30-28-26-24-22-16-14-12-10-8-6-4-2)35-53-43-41(49)42(55-56(50,51)52)40(48)38(34-45)54-43/h11,13,17-18,30,32,36-38,40-43,45-46,48-49H,3-10,12,14-16,19-29,31,33-35H2,1-2H3,(H,44,47)(H,50,51,52)/b13-11-,18-17-,32-30+. The summed E-state index contributed by atoms with van der Waals surface area (Å²) in [6.45, 7) is 3.33. The molecule has 1 heterocycles. The van der Waals surface area contributed by atoms with Crippen molar-refractivity contribution in [2.24, 2.45) is 0 Å². The van der Waals surface area contributed by atoms with E-state index in [-0.39, 0.29) is 18.9 Å². The van der Waals surface area contributed by atoms with Crippen LogP contribution in [-0.2, 0) is 28.9 Å². The van der Waals surface area contributed by atoms with Gasteiger partial charge in [-0.05, 0) is 51.4 Å². The van der Waals surface area contributed by atoms with Crippen LogP contribution in [0.3, 0.4) is 0 Å². The molecule has 1 fully saturated rings. The van der Waals surface area contributed by atoms with Crippen LogP contribution in [0.5, 0.6) is 0 Å². The number of amides is 1. The lowest BCUT2D eigenvalue weighted by atomic mass is 9.99. The molecule has 56 heavy (non-hydrogen) atoms. The Morgan fingerprint density at radius 2 is 1.20 bits per heavy atom. The molecule has 0 aromatic heterocycles. The third-order valence-electron chi connectivity index (χ3n) is 10.2. The first-order valence-electron chi connectivity index (χ1n) is 21.9. The number of carbonyl (C=O) groups excluding carboxylic acids is 1. The van der Waals surface area contributed by atoms with Crippen molar-refractivity contribution in [1.29, 1.82) is 0 Å². The molecule has 0 bridgehead atoms. The molecule has 1 saturated heterocycles. The molecule has 0 radical (unpaired) electrons. The van der Waals surface area contributed by atoms with Gasteiger partial charge in [-0.3, -0.25) is 9.35 Å². The number of aliphatic hydroxyl groups excluding tert-OH is 4. The van der Waals surface area contributed by atoms with Crippen molar-refractivity contribution in [3.8, 4) is 0 Å². The van der Waals surface area contributed by atoms with E-state index in [2.05, 4.69) is 47.7 Å². The van der Waals surface area contributed by atoms with Gasteiger partial charge < -0.3 is 35.2 Å².